The van der Waals surface area contributed by atoms with E-state index in [0.29, 0.717) is 31.5 Å². The summed E-state index contributed by atoms with van der Waals surface area (Å²) in [5.74, 6) is 0.366. The third kappa shape index (κ3) is 4.93. The van der Waals surface area contributed by atoms with Crippen LogP contribution in [0, 0.1) is 11.8 Å². The van der Waals surface area contributed by atoms with E-state index in [9.17, 15) is 9.59 Å². The highest BCUT2D eigenvalue weighted by Gasteiger charge is 2.37. The van der Waals surface area contributed by atoms with Crippen LogP contribution in [0.2, 0.25) is 0 Å². The quantitative estimate of drug-likeness (QED) is 0.686. The van der Waals surface area contributed by atoms with Gasteiger partial charge in [-0.2, -0.15) is 0 Å². The van der Waals surface area contributed by atoms with E-state index in [0.717, 1.165) is 32.5 Å². The molecular formula is C18H34N4O2. The molecule has 2 rings (SSSR count). The molecule has 0 aromatic carbocycles. The maximum atomic E-state index is 12.5. The molecule has 0 saturated carbocycles. The van der Waals surface area contributed by atoms with Crippen molar-refractivity contribution in [2.24, 2.45) is 17.6 Å². The number of rotatable bonds is 8. The van der Waals surface area contributed by atoms with Crippen molar-refractivity contribution in [3.8, 4) is 0 Å². The normalized spacial score (nSPS) is 26.4. The van der Waals surface area contributed by atoms with Gasteiger partial charge in [-0.15, -0.1) is 0 Å². The summed E-state index contributed by atoms with van der Waals surface area (Å²) in [7, 11) is 0. The number of carbonyl (C=O) groups is 2. The number of likely N-dealkylation sites (tertiary alicyclic amines) is 2. The Morgan fingerprint density at radius 3 is 2.79 bits per heavy atom. The Labute approximate surface area is 146 Å². The Morgan fingerprint density at radius 1 is 1.42 bits per heavy atom. The predicted molar refractivity (Wildman–Crippen MR) is 95.4 cm³/mol. The molecule has 0 bridgehead atoms. The Balaban J connectivity index is 1.85. The molecule has 2 fully saturated rings. The van der Waals surface area contributed by atoms with Crippen LogP contribution in [0.15, 0.2) is 0 Å². The van der Waals surface area contributed by atoms with Crippen molar-refractivity contribution in [3.05, 3.63) is 0 Å². The fourth-order valence-electron chi connectivity index (χ4n) is 4.00. The third-order valence-electron chi connectivity index (χ3n) is 5.31. The standard InChI is InChI=1S/C18H34N4O2/c1-4-21-7-5-6-16(21)12-22-11-14(9-17(22)23)18(24)20-15(10-19)8-13(2)3/h13-16H,4-12,19H2,1-3H3,(H,20,24). The third-order valence-corrected chi connectivity index (χ3v) is 5.31. The minimum absolute atomic E-state index is 0.00654. The number of hydrogen-bond acceptors (Lipinski definition) is 4. The van der Waals surface area contributed by atoms with Gasteiger partial charge in [0.2, 0.25) is 11.8 Å². The summed E-state index contributed by atoms with van der Waals surface area (Å²) >= 11 is 0. The minimum atomic E-state index is -0.227. The van der Waals surface area contributed by atoms with Gasteiger partial charge in [0.05, 0.1) is 5.92 Å². The Bertz CT molecular complexity index is 441. The first kappa shape index (κ1) is 19.2. The average Bonchev–Trinajstić information content (AvgIpc) is 3.13. The lowest BCUT2D eigenvalue weighted by atomic mass is 10.0. The molecule has 0 aromatic heterocycles. The average molecular weight is 338 g/mol. The van der Waals surface area contributed by atoms with Crippen LogP contribution < -0.4 is 11.1 Å². The molecule has 0 aromatic rings. The van der Waals surface area contributed by atoms with Crippen LogP contribution in [-0.4, -0.2) is 66.4 Å². The Kier molecular flexibility index (Phi) is 7.04. The second kappa shape index (κ2) is 8.81. The van der Waals surface area contributed by atoms with Crippen molar-refractivity contribution in [2.45, 2.75) is 58.5 Å². The minimum Gasteiger partial charge on any atom is -0.352 e. The summed E-state index contributed by atoms with van der Waals surface area (Å²) in [4.78, 5) is 29.1. The fraction of sp³-hybridized carbons (Fsp3) is 0.889. The van der Waals surface area contributed by atoms with Crippen LogP contribution in [0.3, 0.4) is 0 Å². The van der Waals surface area contributed by atoms with E-state index >= 15 is 0 Å². The van der Waals surface area contributed by atoms with Crippen molar-refractivity contribution < 1.29 is 9.59 Å². The summed E-state index contributed by atoms with van der Waals surface area (Å²) in [5, 5.41) is 3.04. The smallest absolute Gasteiger partial charge is 0.225 e. The van der Waals surface area contributed by atoms with Gasteiger partial charge in [-0.3, -0.25) is 14.5 Å². The molecule has 2 aliphatic heterocycles. The van der Waals surface area contributed by atoms with Crippen LogP contribution in [0.4, 0.5) is 0 Å². The van der Waals surface area contributed by atoms with Crippen LogP contribution in [0.1, 0.15) is 46.5 Å². The lowest BCUT2D eigenvalue weighted by molar-refractivity contribution is -0.129. The van der Waals surface area contributed by atoms with Gasteiger partial charge in [0.1, 0.15) is 0 Å². The fourth-order valence-corrected chi connectivity index (χ4v) is 4.00. The van der Waals surface area contributed by atoms with Gasteiger partial charge in [-0.1, -0.05) is 20.8 Å². The number of carbonyl (C=O) groups excluding carboxylic acids is 2. The van der Waals surface area contributed by atoms with Gasteiger partial charge in [0.15, 0.2) is 0 Å². The largest absolute Gasteiger partial charge is 0.352 e. The van der Waals surface area contributed by atoms with Crippen molar-refractivity contribution in [3.63, 3.8) is 0 Å². The molecular weight excluding hydrogens is 304 g/mol. The van der Waals surface area contributed by atoms with E-state index < -0.39 is 0 Å². The van der Waals surface area contributed by atoms with Crippen molar-refractivity contribution >= 4 is 11.8 Å². The zero-order valence-electron chi connectivity index (χ0n) is 15.5. The van der Waals surface area contributed by atoms with Crippen molar-refractivity contribution in [1.82, 2.24) is 15.1 Å². The van der Waals surface area contributed by atoms with E-state index in [1.165, 1.54) is 6.42 Å². The van der Waals surface area contributed by atoms with Crippen molar-refractivity contribution in [1.29, 1.82) is 0 Å². The highest BCUT2D eigenvalue weighted by molar-refractivity contribution is 5.89. The molecule has 2 amide bonds. The highest BCUT2D eigenvalue weighted by Crippen LogP contribution is 2.23. The molecule has 6 nitrogen and oxygen atoms in total. The molecule has 2 heterocycles. The van der Waals surface area contributed by atoms with E-state index in [-0.39, 0.29) is 23.8 Å². The number of likely N-dealkylation sites (N-methyl/N-ethyl adjacent to an activating group) is 1. The van der Waals surface area contributed by atoms with Crippen molar-refractivity contribution in [2.75, 3.05) is 32.7 Å². The van der Waals surface area contributed by atoms with Gasteiger partial charge >= 0.3 is 0 Å². The summed E-state index contributed by atoms with van der Waals surface area (Å²) in [5.41, 5.74) is 5.76. The maximum absolute atomic E-state index is 12.5. The molecule has 0 spiro atoms. The molecule has 6 heteroatoms. The molecule has 0 aliphatic carbocycles. The first-order valence-electron chi connectivity index (χ1n) is 9.46. The summed E-state index contributed by atoms with van der Waals surface area (Å²) < 4.78 is 0. The summed E-state index contributed by atoms with van der Waals surface area (Å²) in [6.07, 6.45) is 3.57. The second-order valence-electron chi connectivity index (χ2n) is 7.70. The molecule has 2 aliphatic rings. The van der Waals surface area contributed by atoms with E-state index in [4.69, 9.17) is 5.73 Å². The first-order valence-corrected chi connectivity index (χ1v) is 9.46. The number of nitrogens with two attached hydrogens (primary N) is 1. The van der Waals surface area contributed by atoms with E-state index in [2.05, 4.69) is 31.0 Å². The van der Waals surface area contributed by atoms with Gasteiger partial charge in [-0.05, 0) is 38.3 Å². The molecule has 3 N–H and O–H groups in total. The number of hydrogen-bond donors (Lipinski definition) is 2. The zero-order valence-corrected chi connectivity index (χ0v) is 15.5. The van der Waals surface area contributed by atoms with Gasteiger partial charge < -0.3 is 16.0 Å². The molecule has 24 heavy (non-hydrogen) atoms. The Morgan fingerprint density at radius 2 is 2.17 bits per heavy atom. The maximum Gasteiger partial charge on any atom is 0.225 e. The lowest BCUT2D eigenvalue weighted by Crippen LogP contribution is -2.45. The summed E-state index contributed by atoms with van der Waals surface area (Å²) in [6, 6.07) is 0.463. The Hall–Kier alpha value is -1.14. The number of nitrogens with zero attached hydrogens (tertiary/aromatic N) is 2. The monoisotopic (exact) mass is 338 g/mol. The van der Waals surface area contributed by atoms with Crippen LogP contribution >= 0.6 is 0 Å². The van der Waals surface area contributed by atoms with Crippen LogP contribution in [0.5, 0.6) is 0 Å². The lowest BCUT2D eigenvalue weighted by Gasteiger charge is -2.27. The van der Waals surface area contributed by atoms with Gasteiger partial charge in [0, 0.05) is 38.1 Å². The zero-order chi connectivity index (χ0) is 17.7. The molecule has 138 valence electrons. The number of amides is 2. The van der Waals surface area contributed by atoms with Crippen LogP contribution in [0.25, 0.3) is 0 Å². The highest BCUT2D eigenvalue weighted by atomic mass is 16.2. The number of nitrogens with one attached hydrogen (secondary N) is 1. The SMILES string of the molecule is CCN1CCCC1CN1CC(C(=O)NC(CN)CC(C)C)CC1=O. The first-order chi connectivity index (χ1) is 11.4. The van der Waals surface area contributed by atoms with Gasteiger partial charge in [-0.25, -0.2) is 0 Å². The second-order valence-corrected chi connectivity index (χ2v) is 7.70. The van der Waals surface area contributed by atoms with E-state index in [1.807, 2.05) is 4.90 Å². The predicted octanol–water partition coefficient (Wildman–Crippen LogP) is 0.809. The van der Waals surface area contributed by atoms with E-state index in [1.54, 1.807) is 0 Å². The van der Waals surface area contributed by atoms with Gasteiger partial charge in [0.25, 0.3) is 0 Å². The van der Waals surface area contributed by atoms with Crippen LogP contribution in [-0.2, 0) is 9.59 Å². The molecule has 2 saturated heterocycles. The molecule has 0 radical (unpaired) electrons. The summed E-state index contributed by atoms with van der Waals surface area (Å²) in [6.45, 7) is 10.3. The molecule has 3 atom stereocenters. The molecule has 3 unspecified atom stereocenters. The topological polar surface area (TPSA) is 78.7 Å².